The first kappa shape index (κ1) is 17.9. The van der Waals surface area contributed by atoms with Gasteiger partial charge in [-0.25, -0.2) is 8.78 Å². The van der Waals surface area contributed by atoms with Gasteiger partial charge < -0.3 is 19.9 Å². The Morgan fingerprint density at radius 2 is 2.16 bits per heavy atom. The van der Waals surface area contributed by atoms with Crippen molar-refractivity contribution >= 4 is 5.69 Å². The minimum absolute atomic E-state index is 0.243. The molecule has 0 aliphatic carbocycles. The van der Waals surface area contributed by atoms with Crippen molar-refractivity contribution in [2.24, 2.45) is 0 Å². The molecule has 0 aromatic heterocycles. The molecule has 1 unspecified atom stereocenters. The normalized spacial score (nSPS) is 26.9. The van der Waals surface area contributed by atoms with Crippen LogP contribution in [0.15, 0.2) is 18.2 Å². The van der Waals surface area contributed by atoms with E-state index in [1.165, 1.54) is 0 Å². The minimum Gasteiger partial charge on any atom is -0.484 e. The smallest absolute Gasteiger partial charge is 0.296 e. The van der Waals surface area contributed by atoms with E-state index in [0.29, 0.717) is 23.9 Å². The summed E-state index contributed by atoms with van der Waals surface area (Å²) in [5.41, 5.74) is 1.30. The highest BCUT2D eigenvalue weighted by molar-refractivity contribution is 5.62. The van der Waals surface area contributed by atoms with Gasteiger partial charge in [0, 0.05) is 38.2 Å². The van der Waals surface area contributed by atoms with Gasteiger partial charge in [0.05, 0.1) is 17.8 Å². The average molecular weight is 350 g/mol. The number of alkyl halides is 2. The van der Waals surface area contributed by atoms with Crippen LogP contribution in [0, 0.1) is 11.3 Å². The van der Waals surface area contributed by atoms with Crippen LogP contribution in [0.4, 0.5) is 14.5 Å². The third kappa shape index (κ3) is 3.86. The number of hydrogen-bond acceptors (Lipinski definition) is 5. The first-order valence-electron chi connectivity index (χ1n) is 8.65. The van der Waals surface area contributed by atoms with Gasteiger partial charge in [-0.15, -0.1) is 0 Å². The molecule has 0 saturated carbocycles. The van der Waals surface area contributed by atoms with E-state index in [0.717, 1.165) is 25.3 Å². The Morgan fingerprint density at radius 1 is 1.36 bits per heavy atom. The first-order valence-corrected chi connectivity index (χ1v) is 8.65. The molecule has 1 aromatic carbocycles. The van der Waals surface area contributed by atoms with Crippen LogP contribution in [0.5, 0.6) is 5.75 Å². The molecule has 136 valence electrons. The van der Waals surface area contributed by atoms with E-state index in [-0.39, 0.29) is 13.0 Å². The molecule has 0 bridgehead atoms. The van der Waals surface area contributed by atoms with Gasteiger partial charge in [-0.1, -0.05) is 0 Å². The summed E-state index contributed by atoms with van der Waals surface area (Å²) in [6.07, 6.45) is -0.915. The molecule has 2 saturated heterocycles. The quantitative estimate of drug-likeness (QED) is 0.905. The second-order valence-corrected chi connectivity index (χ2v) is 6.90. The van der Waals surface area contributed by atoms with Crippen LogP contribution >= 0.6 is 0 Å². The number of piperazine rings is 1. The van der Waals surface area contributed by atoms with Gasteiger partial charge >= 0.3 is 0 Å². The maximum atomic E-state index is 13.9. The van der Waals surface area contributed by atoms with Gasteiger partial charge in [0.2, 0.25) is 0 Å². The molecule has 25 heavy (non-hydrogen) atoms. The standard InChI is InChI=1S/C18H24F2N4O/c1-13-11-24(8-7-23(13)2)16-4-3-15(9-14(16)10-21)25-17-5-6-22-12-18(17,19)20/h3-4,9,13,17,22H,5-8,11-12H2,1-2H3/t13-,17?/m0/s1. The Bertz CT molecular complexity index is 661. The van der Waals surface area contributed by atoms with E-state index in [2.05, 4.69) is 35.2 Å². The number of ether oxygens (including phenoxy) is 1. The summed E-state index contributed by atoms with van der Waals surface area (Å²) in [6, 6.07) is 7.66. The maximum absolute atomic E-state index is 13.9. The SMILES string of the molecule is C[C@H]1CN(c2ccc(OC3CCNCC3(F)F)cc2C#N)CCN1C. The van der Waals surface area contributed by atoms with Crippen LogP contribution in [-0.4, -0.2) is 62.7 Å². The number of piperidine rings is 1. The van der Waals surface area contributed by atoms with Crippen LogP contribution in [-0.2, 0) is 0 Å². The van der Waals surface area contributed by atoms with Gasteiger partial charge in [0.25, 0.3) is 5.92 Å². The monoisotopic (exact) mass is 350 g/mol. The number of halogens is 2. The number of hydrogen-bond donors (Lipinski definition) is 1. The summed E-state index contributed by atoms with van der Waals surface area (Å²) in [5, 5.41) is 12.2. The third-order valence-electron chi connectivity index (χ3n) is 5.08. The maximum Gasteiger partial charge on any atom is 0.296 e. The summed E-state index contributed by atoms with van der Waals surface area (Å²) in [4.78, 5) is 4.45. The number of nitrogens with zero attached hydrogens (tertiary/aromatic N) is 3. The summed E-state index contributed by atoms with van der Waals surface area (Å²) in [5.74, 6) is -2.58. The predicted octanol–water partition coefficient (Wildman–Crippen LogP) is 2.07. The number of rotatable bonds is 3. The molecular formula is C18H24F2N4O. The summed E-state index contributed by atoms with van der Waals surface area (Å²) < 4.78 is 33.4. The Labute approximate surface area is 147 Å². The highest BCUT2D eigenvalue weighted by atomic mass is 19.3. The highest BCUT2D eigenvalue weighted by Crippen LogP contribution is 2.31. The summed E-state index contributed by atoms with van der Waals surface area (Å²) >= 11 is 0. The fourth-order valence-electron chi connectivity index (χ4n) is 3.34. The fourth-order valence-corrected chi connectivity index (χ4v) is 3.34. The summed E-state index contributed by atoms with van der Waals surface area (Å²) in [6.45, 7) is 4.86. The van der Waals surface area contributed by atoms with Crippen LogP contribution in [0.25, 0.3) is 0 Å². The Morgan fingerprint density at radius 3 is 2.84 bits per heavy atom. The lowest BCUT2D eigenvalue weighted by Crippen LogP contribution is -2.52. The van der Waals surface area contributed by atoms with Crippen molar-refractivity contribution < 1.29 is 13.5 Å². The molecule has 7 heteroatoms. The molecule has 1 N–H and O–H groups in total. The molecule has 2 heterocycles. The van der Waals surface area contributed by atoms with E-state index < -0.39 is 12.0 Å². The van der Waals surface area contributed by atoms with Crippen LogP contribution in [0.1, 0.15) is 18.9 Å². The van der Waals surface area contributed by atoms with Gasteiger partial charge in [-0.3, -0.25) is 0 Å². The molecule has 0 radical (unpaired) electrons. The van der Waals surface area contributed by atoms with Crippen LogP contribution in [0.3, 0.4) is 0 Å². The van der Waals surface area contributed by atoms with E-state index in [1.54, 1.807) is 12.1 Å². The number of nitriles is 1. The zero-order chi connectivity index (χ0) is 18.0. The number of nitrogens with one attached hydrogen (secondary N) is 1. The van der Waals surface area contributed by atoms with Gasteiger partial charge in [-0.05, 0) is 32.6 Å². The first-order chi connectivity index (χ1) is 11.9. The van der Waals surface area contributed by atoms with Gasteiger partial charge in [0.1, 0.15) is 11.8 Å². The second kappa shape index (κ2) is 7.14. The van der Waals surface area contributed by atoms with Crippen molar-refractivity contribution in [3.63, 3.8) is 0 Å². The zero-order valence-electron chi connectivity index (χ0n) is 14.6. The van der Waals surface area contributed by atoms with Crippen LogP contribution < -0.4 is 15.0 Å². The van der Waals surface area contributed by atoms with Crippen molar-refractivity contribution in [2.75, 3.05) is 44.7 Å². The van der Waals surface area contributed by atoms with E-state index in [9.17, 15) is 14.0 Å². The molecule has 0 spiro atoms. The lowest BCUT2D eigenvalue weighted by Gasteiger charge is -2.39. The lowest BCUT2D eigenvalue weighted by molar-refractivity contribution is -0.108. The van der Waals surface area contributed by atoms with E-state index in [4.69, 9.17) is 4.74 Å². The highest BCUT2D eigenvalue weighted by Gasteiger charge is 2.43. The molecule has 3 rings (SSSR count). The molecule has 2 aliphatic rings. The molecular weight excluding hydrogens is 326 g/mol. The van der Waals surface area contributed by atoms with E-state index in [1.807, 2.05) is 6.07 Å². The number of anilines is 1. The Balaban J connectivity index is 1.77. The minimum atomic E-state index is -2.91. The molecule has 1 aromatic rings. The number of benzene rings is 1. The largest absolute Gasteiger partial charge is 0.484 e. The van der Waals surface area contributed by atoms with Crippen molar-refractivity contribution in [1.82, 2.24) is 10.2 Å². The Hall–Kier alpha value is -1.91. The molecule has 2 aliphatic heterocycles. The average Bonchev–Trinajstić information content (AvgIpc) is 2.59. The molecule has 2 atom stereocenters. The van der Waals surface area contributed by atoms with Crippen LogP contribution in [0.2, 0.25) is 0 Å². The van der Waals surface area contributed by atoms with Gasteiger partial charge in [0.15, 0.2) is 6.10 Å². The third-order valence-corrected chi connectivity index (χ3v) is 5.08. The van der Waals surface area contributed by atoms with Crippen molar-refractivity contribution in [3.05, 3.63) is 23.8 Å². The van der Waals surface area contributed by atoms with Crippen molar-refractivity contribution in [3.8, 4) is 11.8 Å². The number of likely N-dealkylation sites (N-methyl/N-ethyl adjacent to an activating group) is 1. The fraction of sp³-hybridized carbons (Fsp3) is 0.611. The second-order valence-electron chi connectivity index (χ2n) is 6.90. The lowest BCUT2D eigenvalue weighted by atomic mass is 10.1. The molecule has 2 fully saturated rings. The predicted molar refractivity (Wildman–Crippen MR) is 92.3 cm³/mol. The molecule has 0 amide bonds. The van der Waals surface area contributed by atoms with Gasteiger partial charge in [-0.2, -0.15) is 5.26 Å². The summed E-state index contributed by atoms with van der Waals surface area (Å²) in [7, 11) is 2.09. The molecule has 5 nitrogen and oxygen atoms in total. The van der Waals surface area contributed by atoms with Crippen molar-refractivity contribution in [1.29, 1.82) is 5.26 Å². The topological polar surface area (TPSA) is 51.5 Å². The van der Waals surface area contributed by atoms with Crippen molar-refractivity contribution in [2.45, 2.75) is 31.4 Å². The zero-order valence-corrected chi connectivity index (χ0v) is 14.6. The Kier molecular flexibility index (Phi) is 5.11. The van der Waals surface area contributed by atoms with E-state index >= 15 is 0 Å².